The number of carboxylic acids is 1. The quantitative estimate of drug-likeness (QED) is 0.530. The maximum Gasteiger partial charge on any atom is 0.326 e. The molecule has 8 nitrogen and oxygen atoms in total. The maximum atomic E-state index is 11.7. The van der Waals surface area contributed by atoms with Gasteiger partial charge in [0.15, 0.2) is 9.84 Å². The highest BCUT2D eigenvalue weighted by molar-refractivity contribution is 7.91. The Bertz CT molecular complexity index is 486. The van der Waals surface area contributed by atoms with E-state index in [9.17, 15) is 22.8 Å². The smallest absolute Gasteiger partial charge is 0.326 e. The van der Waals surface area contributed by atoms with Crippen molar-refractivity contribution >= 4 is 27.6 Å². The first-order valence-corrected chi connectivity index (χ1v) is 7.55. The van der Waals surface area contributed by atoms with Gasteiger partial charge in [0.25, 0.3) is 0 Å². The number of primary amides is 1. The van der Waals surface area contributed by atoms with E-state index in [0.29, 0.717) is 0 Å². The van der Waals surface area contributed by atoms with Crippen molar-refractivity contribution < 1.29 is 27.9 Å². The van der Waals surface area contributed by atoms with Gasteiger partial charge in [0.1, 0.15) is 6.04 Å². The molecule has 0 aromatic rings. The predicted molar refractivity (Wildman–Crippen MR) is 64.8 cm³/mol. The molecule has 0 aliphatic carbocycles. The minimum Gasteiger partial charge on any atom is -0.480 e. The molecule has 1 unspecified atom stereocenters. The summed E-state index contributed by atoms with van der Waals surface area (Å²) in [4.78, 5) is 33.2. The molecule has 1 aliphatic rings. The summed E-state index contributed by atoms with van der Waals surface area (Å²) in [5, 5.41) is 11.1. The molecular formula is C10H16N2O6S. The van der Waals surface area contributed by atoms with Crippen molar-refractivity contribution in [2.24, 2.45) is 11.7 Å². The number of nitrogens with two attached hydrogens (primary N) is 1. The predicted octanol–water partition coefficient (Wildman–Crippen LogP) is -1.74. The lowest BCUT2D eigenvalue weighted by atomic mass is 10.1. The summed E-state index contributed by atoms with van der Waals surface area (Å²) >= 11 is 0. The third-order valence-corrected chi connectivity index (χ3v) is 4.67. The highest BCUT2D eigenvalue weighted by Gasteiger charge is 2.34. The number of hydrogen-bond donors (Lipinski definition) is 3. The van der Waals surface area contributed by atoms with Crippen LogP contribution < -0.4 is 11.1 Å². The van der Waals surface area contributed by atoms with Crippen LogP contribution in [0.25, 0.3) is 0 Å². The molecule has 0 aromatic heterocycles. The zero-order valence-electron chi connectivity index (χ0n) is 10.2. The normalized spacial score (nSPS) is 22.6. The SMILES string of the molecule is NC(=O)CC[C@@H](NC(=O)C1CCS(=O)(=O)C1)C(=O)O. The second-order valence-corrected chi connectivity index (χ2v) is 6.73. The van der Waals surface area contributed by atoms with Crippen molar-refractivity contribution in [1.82, 2.24) is 5.32 Å². The second-order valence-electron chi connectivity index (χ2n) is 4.50. The molecule has 4 N–H and O–H groups in total. The Morgan fingerprint density at radius 1 is 1.37 bits per heavy atom. The van der Waals surface area contributed by atoms with Crippen LogP contribution >= 0.6 is 0 Å². The molecule has 0 bridgehead atoms. The van der Waals surface area contributed by atoms with Gasteiger partial charge in [-0.1, -0.05) is 0 Å². The third-order valence-electron chi connectivity index (χ3n) is 2.90. The zero-order chi connectivity index (χ0) is 14.6. The molecule has 2 atom stereocenters. The number of carbonyl (C=O) groups is 3. The van der Waals surface area contributed by atoms with E-state index in [0.717, 1.165) is 0 Å². The van der Waals surface area contributed by atoms with E-state index in [1.807, 2.05) is 0 Å². The monoisotopic (exact) mass is 292 g/mol. The summed E-state index contributed by atoms with van der Waals surface area (Å²) in [6, 6.07) is -1.23. The lowest BCUT2D eigenvalue weighted by Crippen LogP contribution is -2.44. The van der Waals surface area contributed by atoms with Crippen LogP contribution in [0.5, 0.6) is 0 Å². The molecule has 0 radical (unpaired) electrons. The third kappa shape index (κ3) is 4.86. The molecule has 0 saturated carbocycles. The van der Waals surface area contributed by atoms with Gasteiger partial charge in [-0.3, -0.25) is 9.59 Å². The van der Waals surface area contributed by atoms with Crippen LogP contribution in [0.2, 0.25) is 0 Å². The average Bonchev–Trinajstić information content (AvgIpc) is 2.64. The van der Waals surface area contributed by atoms with Crippen LogP contribution in [0.3, 0.4) is 0 Å². The number of hydrogen-bond acceptors (Lipinski definition) is 5. The number of carboxylic acid groups (broad SMARTS) is 1. The van der Waals surface area contributed by atoms with Gasteiger partial charge in [-0.05, 0) is 12.8 Å². The fraction of sp³-hybridized carbons (Fsp3) is 0.700. The minimum absolute atomic E-state index is 0.0654. The van der Waals surface area contributed by atoms with Crippen molar-refractivity contribution in [3.8, 4) is 0 Å². The van der Waals surface area contributed by atoms with Crippen LogP contribution in [0.4, 0.5) is 0 Å². The van der Waals surface area contributed by atoms with Crippen LogP contribution in [0, 0.1) is 5.92 Å². The van der Waals surface area contributed by atoms with Gasteiger partial charge in [0, 0.05) is 6.42 Å². The van der Waals surface area contributed by atoms with Crippen molar-refractivity contribution in [3.05, 3.63) is 0 Å². The van der Waals surface area contributed by atoms with Crippen LogP contribution in [0.15, 0.2) is 0 Å². The number of amides is 2. The first-order chi connectivity index (χ1) is 8.71. The molecular weight excluding hydrogens is 276 g/mol. The maximum absolute atomic E-state index is 11.7. The molecule has 1 saturated heterocycles. The highest BCUT2D eigenvalue weighted by atomic mass is 32.2. The first-order valence-electron chi connectivity index (χ1n) is 5.73. The zero-order valence-corrected chi connectivity index (χ0v) is 11.0. The van der Waals surface area contributed by atoms with Gasteiger partial charge in [-0.25, -0.2) is 13.2 Å². The van der Waals surface area contributed by atoms with E-state index in [1.165, 1.54) is 0 Å². The molecule has 1 aliphatic heterocycles. The largest absolute Gasteiger partial charge is 0.480 e. The van der Waals surface area contributed by atoms with E-state index in [4.69, 9.17) is 10.8 Å². The lowest BCUT2D eigenvalue weighted by Gasteiger charge is -2.16. The first kappa shape index (κ1) is 15.4. The molecule has 19 heavy (non-hydrogen) atoms. The lowest BCUT2D eigenvalue weighted by molar-refractivity contribution is -0.142. The van der Waals surface area contributed by atoms with Crippen molar-refractivity contribution in [1.29, 1.82) is 0 Å². The standard InChI is InChI=1S/C10H16N2O6S/c11-8(13)2-1-7(10(15)16)12-9(14)6-3-4-19(17,18)5-6/h6-7H,1-5H2,(H2,11,13)(H,12,14)(H,15,16)/t6?,7-/m1/s1. The molecule has 0 aromatic carbocycles. The molecule has 1 heterocycles. The summed E-state index contributed by atoms with van der Waals surface area (Å²) in [6.45, 7) is 0. The number of rotatable bonds is 6. The highest BCUT2D eigenvalue weighted by Crippen LogP contribution is 2.18. The summed E-state index contributed by atoms with van der Waals surface area (Å²) < 4.78 is 22.4. The van der Waals surface area contributed by atoms with E-state index in [2.05, 4.69) is 5.32 Å². The number of sulfone groups is 1. The van der Waals surface area contributed by atoms with Gasteiger partial charge in [-0.15, -0.1) is 0 Å². The topological polar surface area (TPSA) is 144 Å². The summed E-state index contributed by atoms with van der Waals surface area (Å²) in [5.74, 6) is -3.61. The number of nitrogens with one attached hydrogen (secondary N) is 1. The number of aliphatic carboxylic acids is 1. The van der Waals surface area contributed by atoms with E-state index >= 15 is 0 Å². The molecule has 9 heteroatoms. The van der Waals surface area contributed by atoms with Crippen LogP contribution in [-0.4, -0.2) is 48.9 Å². The van der Waals surface area contributed by atoms with Crippen molar-refractivity contribution in [2.45, 2.75) is 25.3 Å². The van der Waals surface area contributed by atoms with Crippen LogP contribution in [0.1, 0.15) is 19.3 Å². The van der Waals surface area contributed by atoms with Crippen molar-refractivity contribution in [2.75, 3.05) is 11.5 Å². The fourth-order valence-electron chi connectivity index (χ4n) is 1.84. The minimum atomic E-state index is -3.20. The van der Waals surface area contributed by atoms with Crippen molar-refractivity contribution in [3.63, 3.8) is 0 Å². The van der Waals surface area contributed by atoms with Gasteiger partial charge in [0.2, 0.25) is 11.8 Å². The Morgan fingerprint density at radius 3 is 2.42 bits per heavy atom. The Morgan fingerprint density at radius 2 is 2.00 bits per heavy atom. The summed E-state index contributed by atoms with van der Waals surface area (Å²) in [6.07, 6.45) is -0.0909. The molecule has 2 amide bonds. The Labute approximate surface area is 110 Å². The van der Waals surface area contributed by atoms with E-state index in [-0.39, 0.29) is 30.8 Å². The Hall–Kier alpha value is -1.64. The molecule has 108 valence electrons. The summed E-state index contributed by atoms with van der Waals surface area (Å²) in [5.41, 5.74) is 4.91. The van der Waals surface area contributed by atoms with Gasteiger partial charge in [-0.2, -0.15) is 0 Å². The summed E-state index contributed by atoms with van der Waals surface area (Å²) in [7, 11) is -3.20. The van der Waals surface area contributed by atoms with Gasteiger partial charge in [0.05, 0.1) is 17.4 Å². The van der Waals surface area contributed by atoms with E-state index in [1.54, 1.807) is 0 Å². The van der Waals surface area contributed by atoms with E-state index < -0.39 is 39.6 Å². The molecule has 0 spiro atoms. The fourth-order valence-corrected chi connectivity index (χ4v) is 3.58. The van der Waals surface area contributed by atoms with Gasteiger partial charge >= 0.3 is 5.97 Å². The molecule has 1 fully saturated rings. The van der Waals surface area contributed by atoms with Gasteiger partial charge < -0.3 is 16.2 Å². The van der Waals surface area contributed by atoms with Crippen LogP contribution in [-0.2, 0) is 24.2 Å². The Kier molecular flexibility index (Phi) is 4.87. The number of carbonyl (C=O) groups excluding carboxylic acids is 2. The molecule has 1 rings (SSSR count). The Balaban J connectivity index is 2.57. The average molecular weight is 292 g/mol. The second kappa shape index (κ2) is 6.00.